The van der Waals surface area contributed by atoms with Gasteiger partial charge in [-0.25, -0.2) is 8.42 Å². The molecule has 7 heteroatoms. The molecule has 0 radical (unpaired) electrons. The van der Waals surface area contributed by atoms with Crippen LogP contribution in [0.4, 0.5) is 0 Å². The Bertz CT molecular complexity index is 647. The van der Waals surface area contributed by atoms with Crippen molar-refractivity contribution in [3.8, 4) is 0 Å². The molecule has 1 aliphatic rings. The van der Waals surface area contributed by atoms with E-state index in [2.05, 4.69) is 5.32 Å². The summed E-state index contributed by atoms with van der Waals surface area (Å²) in [4.78, 5) is 11.5. The molecule has 2 unspecified atom stereocenters. The minimum absolute atomic E-state index is 0.0876. The van der Waals surface area contributed by atoms with Crippen molar-refractivity contribution in [3.05, 3.63) is 29.3 Å². The van der Waals surface area contributed by atoms with Gasteiger partial charge in [-0.3, -0.25) is 4.79 Å². The lowest BCUT2D eigenvalue weighted by Crippen LogP contribution is -2.55. The quantitative estimate of drug-likeness (QED) is 0.848. The molecule has 1 aromatic carbocycles. The molecule has 1 aliphatic heterocycles. The Balaban J connectivity index is 2.40. The van der Waals surface area contributed by atoms with Crippen LogP contribution >= 0.6 is 0 Å². The maximum Gasteiger partial charge on any atom is 0.249 e. The van der Waals surface area contributed by atoms with E-state index in [0.29, 0.717) is 18.7 Å². The first-order valence-corrected chi connectivity index (χ1v) is 8.32. The van der Waals surface area contributed by atoms with E-state index in [4.69, 9.17) is 5.73 Å². The molecule has 0 aliphatic carbocycles. The molecule has 2 atom stereocenters. The molecule has 1 heterocycles. The zero-order valence-corrected chi connectivity index (χ0v) is 13.3. The third-order valence-corrected chi connectivity index (χ3v) is 5.46. The molecular formula is C14H21N3O3S. The summed E-state index contributed by atoms with van der Waals surface area (Å²) in [7, 11) is -3.62. The van der Waals surface area contributed by atoms with Gasteiger partial charge < -0.3 is 11.1 Å². The summed E-state index contributed by atoms with van der Waals surface area (Å²) in [5.74, 6) is -0.619. The average molecular weight is 311 g/mol. The zero-order chi connectivity index (χ0) is 15.8. The number of hydrogen-bond donors (Lipinski definition) is 2. The lowest BCUT2D eigenvalue weighted by molar-refractivity contribution is 0.0999. The van der Waals surface area contributed by atoms with Gasteiger partial charge in [0.1, 0.15) is 0 Å². The highest BCUT2D eigenvalue weighted by molar-refractivity contribution is 7.89. The summed E-state index contributed by atoms with van der Waals surface area (Å²) < 4.78 is 26.9. The summed E-state index contributed by atoms with van der Waals surface area (Å²) >= 11 is 0. The SMILES string of the molecule is Cc1ccc(S(=O)(=O)N2CC(C)NC(C)C2)cc1C(N)=O. The number of primary amides is 1. The highest BCUT2D eigenvalue weighted by Crippen LogP contribution is 2.21. The molecule has 21 heavy (non-hydrogen) atoms. The third kappa shape index (κ3) is 3.25. The molecule has 1 aromatic rings. The van der Waals surface area contributed by atoms with Crippen LogP contribution < -0.4 is 11.1 Å². The molecule has 0 spiro atoms. The van der Waals surface area contributed by atoms with Gasteiger partial charge in [-0.15, -0.1) is 0 Å². The van der Waals surface area contributed by atoms with E-state index in [-0.39, 0.29) is 22.5 Å². The molecule has 0 bridgehead atoms. The van der Waals surface area contributed by atoms with Crippen LogP contribution in [0.3, 0.4) is 0 Å². The predicted octanol–water partition coefficient (Wildman–Crippen LogP) is 0.465. The highest BCUT2D eigenvalue weighted by atomic mass is 32.2. The number of carbonyl (C=O) groups is 1. The number of piperazine rings is 1. The minimum Gasteiger partial charge on any atom is -0.366 e. The molecule has 6 nitrogen and oxygen atoms in total. The van der Waals surface area contributed by atoms with Crippen LogP contribution in [0.15, 0.2) is 23.1 Å². The number of amides is 1. The van der Waals surface area contributed by atoms with Crippen LogP contribution in [0.5, 0.6) is 0 Å². The second-order valence-electron chi connectivity index (χ2n) is 5.63. The van der Waals surface area contributed by atoms with Crippen molar-refractivity contribution < 1.29 is 13.2 Å². The summed E-state index contributed by atoms with van der Waals surface area (Å²) in [5, 5.41) is 3.29. The van der Waals surface area contributed by atoms with Crippen molar-refractivity contribution in [3.63, 3.8) is 0 Å². The summed E-state index contributed by atoms with van der Waals surface area (Å²) in [6, 6.07) is 4.68. The van der Waals surface area contributed by atoms with Gasteiger partial charge in [0.15, 0.2) is 0 Å². The molecule has 1 fully saturated rings. The van der Waals surface area contributed by atoms with Crippen LogP contribution in [0.2, 0.25) is 0 Å². The fraction of sp³-hybridized carbons (Fsp3) is 0.500. The van der Waals surface area contributed by atoms with Crippen molar-refractivity contribution in [2.24, 2.45) is 5.73 Å². The summed E-state index contributed by atoms with van der Waals surface area (Å²) in [5.41, 5.74) is 6.20. The molecule has 116 valence electrons. The lowest BCUT2D eigenvalue weighted by Gasteiger charge is -2.35. The van der Waals surface area contributed by atoms with E-state index in [1.807, 2.05) is 13.8 Å². The number of benzene rings is 1. The van der Waals surface area contributed by atoms with E-state index < -0.39 is 15.9 Å². The van der Waals surface area contributed by atoms with Gasteiger partial charge in [0.2, 0.25) is 15.9 Å². The molecule has 0 aromatic heterocycles. The van der Waals surface area contributed by atoms with Gasteiger partial charge in [0, 0.05) is 30.7 Å². The number of aryl methyl sites for hydroxylation is 1. The third-order valence-electron chi connectivity index (χ3n) is 3.64. The van der Waals surface area contributed by atoms with Crippen molar-refractivity contribution in [2.45, 2.75) is 37.8 Å². The van der Waals surface area contributed by atoms with Gasteiger partial charge in [0.05, 0.1) is 4.90 Å². The fourth-order valence-electron chi connectivity index (χ4n) is 2.65. The van der Waals surface area contributed by atoms with Crippen molar-refractivity contribution >= 4 is 15.9 Å². The predicted molar refractivity (Wildman–Crippen MR) is 80.5 cm³/mol. The molecule has 3 N–H and O–H groups in total. The van der Waals surface area contributed by atoms with Crippen LogP contribution in [-0.2, 0) is 10.0 Å². The number of rotatable bonds is 3. The lowest BCUT2D eigenvalue weighted by atomic mass is 10.1. The second-order valence-corrected chi connectivity index (χ2v) is 7.57. The zero-order valence-electron chi connectivity index (χ0n) is 12.5. The van der Waals surface area contributed by atoms with Gasteiger partial charge in [-0.1, -0.05) is 6.07 Å². The first-order chi connectivity index (χ1) is 9.71. The Morgan fingerprint density at radius 3 is 2.38 bits per heavy atom. The van der Waals surface area contributed by atoms with E-state index in [1.165, 1.54) is 16.4 Å². The van der Waals surface area contributed by atoms with Crippen LogP contribution in [0.25, 0.3) is 0 Å². The number of nitrogens with one attached hydrogen (secondary N) is 1. The normalized spacial score (nSPS) is 24.0. The van der Waals surface area contributed by atoms with Gasteiger partial charge in [0.25, 0.3) is 0 Å². The fourth-order valence-corrected chi connectivity index (χ4v) is 4.29. The Kier molecular flexibility index (Phi) is 4.36. The minimum atomic E-state index is -3.62. The topological polar surface area (TPSA) is 92.5 Å². The van der Waals surface area contributed by atoms with E-state index in [0.717, 1.165) is 0 Å². The molecule has 0 saturated carbocycles. The number of nitrogens with zero attached hydrogens (tertiary/aromatic N) is 1. The Morgan fingerprint density at radius 2 is 1.86 bits per heavy atom. The standard InChI is InChI=1S/C14H21N3O3S/c1-9-4-5-12(6-13(9)14(15)18)21(19,20)17-7-10(2)16-11(3)8-17/h4-6,10-11,16H,7-8H2,1-3H3,(H2,15,18). The Labute approximate surface area is 125 Å². The van der Waals surface area contributed by atoms with Crippen LogP contribution in [0.1, 0.15) is 29.8 Å². The maximum absolute atomic E-state index is 12.7. The molecule has 2 rings (SSSR count). The van der Waals surface area contributed by atoms with E-state index in [1.54, 1.807) is 13.0 Å². The van der Waals surface area contributed by atoms with Gasteiger partial charge in [-0.2, -0.15) is 4.31 Å². The number of nitrogens with two attached hydrogens (primary N) is 1. The van der Waals surface area contributed by atoms with Crippen LogP contribution in [-0.4, -0.2) is 43.8 Å². The van der Waals surface area contributed by atoms with Crippen molar-refractivity contribution in [2.75, 3.05) is 13.1 Å². The average Bonchev–Trinajstić information content (AvgIpc) is 2.37. The largest absolute Gasteiger partial charge is 0.366 e. The molecule has 1 saturated heterocycles. The van der Waals surface area contributed by atoms with Gasteiger partial charge in [-0.05, 0) is 38.5 Å². The number of sulfonamides is 1. The second kappa shape index (κ2) is 5.75. The van der Waals surface area contributed by atoms with Crippen molar-refractivity contribution in [1.29, 1.82) is 0 Å². The van der Waals surface area contributed by atoms with Crippen molar-refractivity contribution in [1.82, 2.24) is 9.62 Å². The maximum atomic E-state index is 12.7. The smallest absolute Gasteiger partial charge is 0.249 e. The monoisotopic (exact) mass is 311 g/mol. The van der Waals surface area contributed by atoms with Gasteiger partial charge >= 0.3 is 0 Å². The first kappa shape index (κ1) is 15.9. The number of hydrogen-bond acceptors (Lipinski definition) is 4. The van der Waals surface area contributed by atoms with Crippen LogP contribution in [0, 0.1) is 6.92 Å². The molecular weight excluding hydrogens is 290 g/mol. The summed E-state index contributed by atoms with van der Waals surface area (Å²) in [6.07, 6.45) is 0. The molecule has 1 amide bonds. The Morgan fingerprint density at radius 1 is 1.29 bits per heavy atom. The first-order valence-electron chi connectivity index (χ1n) is 6.88. The van der Waals surface area contributed by atoms with E-state index >= 15 is 0 Å². The highest BCUT2D eigenvalue weighted by Gasteiger charge is 2.31. The summed E-state index contributed by atoms with van der Waals surface area (Å²) in [6.45, 7) is 6.44. The number of carbonyl (C=O) groups excluding carboxylic acids is 1. The Hall–Kier alpha value is -1.44. The van der Waals surface area contributed by atoms with E-state index in [9.17, 15) is 13.2 Å².